The van der Waals surface area contributed by atoms with Gasteiger partial charge in [-0.05, 0) is 25.1 Å². The lowest BCUT2D eigenvalue weighted by atomic mass is 10.1. The van der Waals surface area contributed by atoms with E-state index in [0.29, 0.717) is 17.9 Å². The van der Waals surface area contributed by atoms with Gasteiger partial charge in [-0.3, -0.25) is 9.59 Å². The number of aromatic nitrogens is 1. The maximum atomic E-state index is 12.3. The Labute approximate surface area is 124 Å². The van der Waals surface area contributed by atoms with Crippen LogP contribution < -0.4 is 4.74 Å². The Morgan fingerprint density at radius 3 is 2.85 bits per heavy atom. The highest BCUT2D eigenvalue weighted by Gasteiger charge is 2.22. The maximum Gasteiger partial charge on any atom is 0.304 e. The number of aliphatic carboxylic acids is 1. The van der Waals surface area contributed by atoms with Gasteiger partial charge in [0.1, 0.15) is 5.75 Å². The van der Waals surface area contributed by atoms with E-state index in [-0.39, 0.29) is 12.2 Å². The smallest absolute Gasteiger partial charge is 0.304 e. The Kier molecular flexibility index (Phi) is 4.44. The molecule has 1 unspecified atom stereocenters. The molecule has 0 bridgehead atoms. The first-order valence-corrected chi connectivity index (χ1v) is 7.08. The minimum absolute atomic E-state index is 0.253. The Balaban J connectivity index is 2.36. The summed E-state index contributed by atoms with van der Waals surface area (Å²) in [5, 5.41) is 9.48. The summed E-state index contributed by atoms with van der Waals surface area (Å²) < 4.78 is 5.41. The van der Waals surface area contributed by atoms with Gasteiger partial charge >= 0.3 is 5.97 Å². The van der Waals surface area contributed by atoms with E-state index in [1.165, 1.54) is 0 Å². The van der Waals surface area contributed by atoms with Crippen LogP contribution in [0.25, 0.3) is 10.9 Å². The van der Waals surface area contributed by atoms with Gasteiger partial charge in [0, 0.05) is 22.7 Å². The average molecular weight is 340 g/mol. The highest BCUT2D eigenvalue weighted by atomic mass is 79.9. The molecule has 1 aromatic carbocycles. The van der Waals surface area contributed by atoms with E-state index in [4.69, 9.17) is 9.84 Å². The van der Waals surface area contributed by atoms with Gasteiger partial charge in [-0.15, -0.1) is 0 Å². The first-order valence-electron chi connectivity index (χ1n) is 6.17. The number of alkyl halides is 1. The molecular formula is C14H14BrNO4. The Morgan fingerprint density at radius 2 is 2.20 bits per heavy atom. The van der Waals surface area contributed by atoms with Crippen LogP contribution in [0, 0.1) is 0 Å². The van der Waals surface area contributed by atoms with Crippen molar-refractivity contribution in [1.29, 1.82) is 0 Å². The van der Waals surface area contributed by atoms with Crippen molar-refractivity contribution < 1.29 is 19.4 Å². The van der Waals surface area contributed by atoms with E-state index in [1.54, 1.807) is 12.3 Å². The van der Waals surface area contributed by atoms with Crippen molar-refractivity contribution in [2.24, 2.45) is 0 Å². The predicted molar refractivity (Wildman–Crippen MR) is 78.8 cm³/mol. The normalized spacial score (nSPS) is 12.3. The molecule has 2 N–H and O–H groups in total. The topological polar surface area (TPSA) is 79.4 Å². The number of carbonyl (C=O) groups excluding carboxylic acids is 1. The summed E-state index contributed by atoms with van der Waals surface area (Å²) in [7, 11) is 0. The molecule has 1 aromatic heterocycles. The number of hydrogen-bond donors (Lipinski definition) is 2. The number of ether oxygens (including phenoxy) is 1. The lowest BCUT2D eigenvalue weighted by Gasteiger charge is -2.06. The molecule has 0 radical (unpaired) electrons. The van der Waals surface area contributed by atoms with Gasteiger partial charge in [0.05, 0.1) is 17.9 Å². The van der Waals surface area contributed by atoms with Gasteiger partial charge in [-0.1, -0.05) is 15.9 Å². The zero-order valence-electron chi connectivity index (χ0n) is 10.9. The lowest BCUT2D eigenvalue weighted by Crippen LogP contribution is -2.17. The fourth-order valence-corrected chi connectivity index (χ4v) is 2.50. The van der Waals surface area contributed by atoms with Crippen LogP contribution in [0.4, 0.5) is 0 Å². The van der Waals surface area contributed by atoms with Crippen molar-refractivity contribution in [3.05, 3.63) is 30.0 Å². The van der Waals surface area contributed by atoms with Gasteiger partial charge in [-0.2, -0.15) is 0 Å². The van der Waals surface area contributed by atoms with Crippen LogP contribution in [0.15, 0.2) is 24.4 Å². The number of carboxylic acid groups (broad SMARTS) is 1. The van der Waals surface area contributed by atoms with E-state index >= 15 is 0 Å². The third-order valence-electron chi connectivity index (χ3n) is 2.87. The van der Waals surface area contributed by atoms with Crippen molar-refractivity contribution in [2.45, 2.75) is 18.2 Å². The Morgan fingerprint density at radius 1 is 1.45 bits per heavy atom. The van der Waals surface area contributed by atoms with Gasteiger partial charge in [0.2, 0.25) is 0 Å². The first kappa shape index (κ1) is 14.6. The van der Waals surface area contributed by atoms with Crippen LogP contribution in [0.2, 0.25) is 0 Å². The number of halogens is 1. The van der Waals surface area contributed by atoms with Gasteiger partial charge in [0.15, 0.2) is 5.78 Å². The Hall–Kier alpha value is -1.82. The second-order valence-electron chi connectivity index (χ2n) is 4.27. The number of ketones is 1. The number of benzene rings is 1. The second-order valence-corrected chi connectivity index (χ2v) is 5.38. The van der Waals surface area contributed by atoms with Gasteiger partial charge in [0.25, 0.3) is 0 Å². The molecule has 5 nitrogen and oxygen atoms in total. The van der Waals surface area contributed by atoms with Gasteiger partial charge < -0.3 is 14.8 Å². The predicted octanol–water partition coefficient (Wildman–Crippen LogP) is 2.99. The average Bonchev–Trinajstić information content (AvgIpc) is 2.80. The van der Waals surface area contributed by atoms with E-state index < -0.39 is 10.8 Å². The third kappa shape index (κ3) is 3.01. The standard InChI is InChI=1S/C14H14BrNO4/c1-2-20-8-3-4-12-9(5-8)10(7-16-12)14(19)11(15)6-13(17)18/h3-5,7,11,16H,2,6H2,1H3,(H,17,18). The van der Waals surface area contributed by atoms with E-state index in [2.05, 4.69) is 20.9 Å². The number of H-pyrrole nitrogens is 1. The molecule has 1 heterocycles. The number of hydrogen-bond acceptors (Lipinski definition) is 3. The largest absolute Gasteiger partial charge is 0.494 e. The van der Waals surface area contributed by atoms with Crippen LogP contribution in [0.1, 0.15) is 23.7 Å². The summed E-state index contributed by atoms with van der Waals surface area (Å²) in [6, 6.07) is 5.43. The molecule has 6 heteroatoms. The number of carbonyl (C=O) groups is 2. The maximum absolute atomic E-state index is 12.3. The number of nitrogens with one attached hydrogen (secondary N) is 1. The fraction of sp³-hybridized carbons (Fsp3) is 0.286. The van der Waals surface area contributed by atoms with Crippen molar-refractivity contribution in [3.8, 4) is 5.75 Å². The van der Waals surface area contributed by atoms with Crippen molar-refractivity contribution in [2.75, 3.05) is 6.61 Å². The summed E-state index contributed by atoms with van der Waals surface area (Å²) in [5.74, 6) is -0.597. The quantitative estimate of drug-likeness (QED) is 0.626. The van der Waals surface area contributed by atoms with Crippen molar-refractivity contribution in [3.63, 3.8) is 0 Å². The van der Waals surface area contributed by atoms with Crippen LogP contribution >= 0.6 is 15.9 Å². The van der Waals surface area contributed by atoms with E-state index in [0.717, 1.165) is 10.9 Å². The van der Waals surface area contributed by atoms with Crippen LogP contribution in [-0.2, 0) is 4.79 Å². The number of rotatable bonds is 6. The zero-order chi connectivity index (χ0) is 14.7. The molecule has 0 fully saturated rings. The first-order chi connectivity index (χ1) is 9.52. The summed E-state index contributed by atoms with van der Waals surface area (Å²) >= 11 is 3.12. The molecule has 0 spiro atoms. The summed E-state index contributed by atoms with van der Waals surface area (Å²) in [5.41, 5.74) is 1.27. The molecular weight excluding hydrogens is 326 g/mol. The van der Waals surface area contributed by atoms with Crippen molar-refractivity contribution >= 4 is 38.6 Å². The molecule has 0 saturated carbocycles. The molecule has 0 aliphatic heterocycles. The molecule has 0 aliphatic rings. The lowest BCUT2D eigenvalue weighted by molar-refractivity contribution is -0.136. The molecule has 106 valence electrons. The number of aromatic amines is 1. The highest BCUT2D eigenvalue weighted by molar-refractivity contribution is 9.10. The fourth-order valence-electron chi connectivity index (χ4n) is 1.97. The number of fused-ring (bicyclic) bond motifs is 1. The molecule has 2 aromatic rings. The molecule has 0 amide bonds. The summed E-state index contributed by atoms with van der Waals surface area (Å²) in [6.07, 6.45) is 1.34. The summed E-state index contributed by atoms with van der Waals surface area (Å²) in [4.78, 5) is 25.2. The third-order valence-corrected chi connectivity index (χ3v) is 3.61. The molecule has 0 aliphatic carbocycles. The summed E-state index contributed by atoms with van der Waals surface area (Å²) in [6.45, 7) is 2.42. The molecule has 0 saturated heterocycles. The zero-order valence-corrected chi connectivity index (χ0v) is 12.4. The van der Waals surface area contributed by atoms with E-state index in [1.807, 2.05) is 19.1 Å². The van der Waals surface area contributed by atoms with Crippen molar-refractivity contribution in [1.82, 2.24) is 4.98 Å². The molecule has 20 heavy (non-hydrogen) atoms. The van der Waals surface area contributed by atoms with Crippen LogP contribution in [-0.4, -0.2) is 33.3 Å². The Bertz CT molecular complexity index is 650. The molecule has 2 rings (SSSR count). The van der Waals surface area contributed by atoms with Crippen LogP contribution in [0.5, 0.6) is 5.75 Å². The number of carboxylic acids is 1. The van der Waals surface area contributed by atoms with Gasteiger partial charge in [-0.25, -0.2) is 0 Å². The molecule has 1 atom stereocenters. The second kappa shape index (κ2) is 6.09. The minimum Gasteiger partial charge on any atom is -0.494 e. The highest BCUT2D eigenvalue weighted by Crippen LogP contribution is 2.26. The van der Waals surface area contributed by atoms with Crippen LogP contribution in [0.3, 0.4) is 0 Å². The number of Topliss-reactive ketones (excluding diaryl/α,β-unsaturated/α-hetero) is 1. The van der Waals surface area contributed by atoms with E-state index in [9.17, 15) is 9.59 Å². The minimum atomic E-state index is -1.02. The monoisotopic (exact) mass is 339 g/mol. The SMILES string of the molecule is CCOc1ccc2[nH]cc(C(=O)C(Br)CC(=O)O)c2c1.